The van der Waals surface area contributed by atoms with Crippen LogP contribution in [-0.4, -0.2) is 32.6 Å². The van der Waals surface area contributed by atoms with Crippen molar-refractivity contribution in [2.45, 2.75) is 17.9 Å². The van der Waals surface area contributed by atoms with Gasteiger partial charge in [-0.3, -0.25) is 9.59 Å². The van der Waals surface area contributed by atoms with Crippen molar-refractivity contribution >= 4 is 33.0 Å². The number of carbonyl (C=O) groups is 2. The van der Waals surface area contributed by atoms with Crippen LogP contribution in [0.5, 0.6) is 5.75 Å². The molecule has 25 heavy (non-hydrogen) atoms. The van der Waals surface area contributed by atoms with Crippen molar-refractivity contribution in [2.75, 3.05) is 16.9 Å². The quantitative estimate of drug-likeness (QED) is 0.872. The maximum Gasteiger partial charge on any atom is 0.265 e. The predicted molar refractivity (Wildman–Crippen MR) is 92.7 cm³/mol. The van der Waals surface area contributed by atoms with Crippen LogP contribution in [0.25, 0.3) is 0 Å². The highest BCUT2D eigenvalue weighted by Gasteiger charge is 2.23. The van der Waals surface area contributed by atoms with E-state index in [0.717, 1.165) is 6.26 Å². The Hall–Kier alpha value is -2.87. The third-order valence-electron chi connectivity index (χ3n) is 3.69. The van der Waals surface area contributed by atoms with Crippen LogP contribution in [0.4, 0.5) is 11.4 Å². The molecule has 0 radical (unpaired) electrons. The SMILES string of the molecule is CC1Oc2ccc(NC(=O)c3cccc(S(C)(=O)=O)c3)cc2NC1=O. The van der Waals surface area contributed by atoms with E-state index in [1.165, 1.54) is 24.3 Å². The summed E-state index contributed by atoms with van der Waals surface area (Å²) in [4.78, 5) is 24.1. The Labute approximate surface area is 144 Å². The molecule has 0 aromatic heterocycles. The second kappa shape index (κ2) is 6.21. The number of hydrogen-bond acceptors (Lipinski definition) is 5. The normalized spacial score (nSPS) is 16.4. The molecule has 0 saturated carbocycles. The minimum absolute atomic E-state index is 0.0697. The average Bonchev–Trinajstić information content (AvgIpc) is 2.55. The van der Waals surface area contributed by atoms with E-state index in [-0.39, 0.29) is 16.4 Å². The summed E-state index contributed by atoms with van der Waals surface area (Å²) in [5.41, 5.74) is 1.13. The molecule has 1 aliphatic heterocycles. The Kier molecular flexibility index (Phi) is 4.22. The van der Waals surface area contributed by atoms with Crippen LogP contribution < -0.4 is 15.4 Å². The second-order valence-electron chi connectivity index (χ2n) is 5.71. The Balaban J connectivity index is 1.83. The van der Waals surface area contributed by atoms with Crippen LogP contribution in [-0.2, 0) is 14.6 Å². The topological polar surface area (TPSA) is 102 Å². The number of fused-ring (bicyclic) bond motifs is 1. The van der Waals surface area contributed by atoms with Crippen LogP contribution in [0.2, 0.25) is 0 Å². The van der Waals surface area contributed by atoms with E-state index in [2.05, 4.69) is 10.6 Å². The molecule has 0 aliphatic carbocycles. The number of benzene rings is 2. The van der Waals surface area contributed by atoms with E-state index in [1.54, 1.807) is 25.1 Å². The number of amides is 2. The lowest BCUT2D eigenvalue weighted by Gasteiger charge is -2.23. The first-order valence-corrected chi connectivity index (χ1v) is 9.36. The number of hydrogen-bond donors (Lipinski definition) is 2. The standard InChI is InChI=1S/C17H16N2O5S/c1-10-16(20)19-14-9-12(6-7-15(14)24-10)18-17(21)11-4-3-5-13(8-11)25(2,22)23/h3-10H,1-2H3,(H,18,21)(H,19,20). The zero-order valence-electron chi connectivity index (χ0n) is 13.6. The summed E-state index contributed by atoms with van der Waals surface area (Å²) >= 11 is 0. The highest BCUT2D eigenvalue weighted by Crippen LogP contribution is 2.32. The first kappa shape index (κ1) is 17.0. The van der Waals surface area contributed by atoms with Gasteiger partial charge in [-0.05, 0) is 43.3 Å². The van der Waals surface area contributed by atoms with E-state index in [9.17, 15) is 18.0 Å². The van der Waals surface area contributed by atoms with Gasteiger partial charge in [0.2, 0.25) is 0 Å². The van der Waals surface area contributed by atoms with Gasteiger partial charge in [-0.1, -0.05) is 6.07 Å². The zero-order valence-corrected chi connectivity index (χ0v) is 14.4. The third-order valence-corrected chi connectivity index (χ3v) is 4.80. The molecule has 1 atom stereocenters. The first-order chi connectivity index (χ1) is 11.7. The third kappa shape index (κ3) is 3.63. The highest BCUT2D eigenvalue weighted by atomic mass is 32.2. The van der Waals surface area contributed by atoms with Crippen LogP contribution in [0.15, 0.2) is 47.4 Å². The fourth-order valence-electron chi connectivity index (χ4n) is 2.36. The molecular formula is C17H16N2O5S. The second-order valence-corrected chi connectivity index (χ2v) is 7.73. The smallest absolute Gasteiger partial charge is 0.265 e. The minimum Gasteiger partial charge on any atom is -0.479 e. The van der Waals surface area contributed by atoms with Gasteiger partial charge in [0.15, 0.2) is 15.9 Å². The molecule has 0 bridgehead atoms. The molecular weight excluding hydrogens is 344 g/mol. The highest BCUT2D eigenvalue weighted by molar-refractivity contribution is 7.90. The summed E-state index contributed by atoms with van der Waals surface area (Å²) in [6, 6.07) is 10.6. The first-order valence-electron chi connectivity index (χ1n) is 7.47. The molecule has 2 amide bonds. The van der Waals surface area contributed by atoms with E-state index in [4.69, 9.17) is 4.74 Å². The number of carbonyl (C=O) groups excluding carboxylic acids is 2. The van der Waals surface area contributed by atoms with Crippen molar-refractivity contribution < 1.29 is 22.7 Å². The van der Waals surface area contributed by atoms with Crippen molar-refractivity contribution in [3.8, 4) is 5.75 Å². The molecule has 0 saturated heterocycles. The van der Waals surface area contributed by atoms with Crippen LogP contribution in [0, 0.1) is 0 Å². The van der Waals surface area contributed by atoms with Gasteiger partial charge in [-0.15, -0.1) is 0 Å². The molecule has 2 N–H and O–H groups in total. The van der Waals surface area contributed by atoms with Gasteiger partial charge in [0, 0.05) is 17.5 Å². The van der Waals surface area contributed by atoms with Crippen molar-refractivity contribution in [1.29, 1.82) is 0 Å². The summed E-state index contributed by atoms with van der Waals surface area (Å²) in [7, 11) is -3.40. The zero-order chi connectivity index (χ0) is 18.2. The Morgan fingerprint density at radius 2 is 1.96 bits per heavy atom. The molecule has 3 rings (SSSR count). The van der Waals surface area contributed by atoms with Gasteiger partial charge >= 0.3 is 0 Å². The molecule has 1 heterocycles. The van der Waals surface area contributed by atoms with Gasteiger partial charge in [0.1, 0.15) is 5.75 Å². The monoisotopic (exact) mass is 360 g/mol. The lowest BCUT2D eigenvalue weighted by Crippen LogP contribution is -2.34. The molecule has 1 aliphatic rings. The minimum atomic E-state index is -3.40. The van der Waals surface area contributed by atoms with E-state index in [1.807, 2.05) is 0 Å². The largest absolute Gasteiger partial charge is 0.479 e. The number of sulfone groups is 1. The fourth-order valence-corrected chi connectivity index (χ4v) is 3.02. The van der Waals surface area contributed by atoms with Gasteiger partial charge in [0.05, 0.1) is 10.6 Å². The maximum absolute atomic E-state index is 12.4. The van der Waals surface area contributed by atoms with Gasteiger partial charge in [-0.25, -0.2) is 8.42 Å². The van der Waals surface area contributed by atoms with Crippen molar-refractivity contribution in [1.82, 2.24) is 0 Å². The van der Waals surface area contributed by atoms with Crippen LogP contribution in [0.3, 0.4) is 0 Å². The molecule has 130 valence electrons. The molecule has 0 fully saturated rings. The van der Waals surface area contributed by atoms with E-state index in [0.29, 0.717) is 17.1 Å². The number of rotatable bonds is 3. The van der Waals surface area contributed by atoms with Gasteiger partial charge in [0.25, 0.3) is 11.8 Å². The van der Waals surface area contributed by atoms with E-state index < -0.39 is 21.8 Å². The van der Waals surface area contributed by atoms with Gasteiger partial charge in [-0.2, -0.15) is 0 Å². The average molecular weight is 360 g/mol. The van der Waals surface area contributed by atoms with Crippen molar-refractivity contribution in [3.63, 3.8) is 0 Å². The summed E-state index contributed by atoms with van der Waals surface area (Å²) in [6.07, 6.45) is 0.503. The summed E-state index contributed by atoms with van der Waals surface area (Å²) in [5, 5.41) is 5.37. The summed E-state index contributed by atoms with van der Waals surface area (Å²) < 4.78 is 28.6. The Morgan fingerprint density at radius 3 is 2.68 bits per heavy atom. The molecule has 8 heteroatoms. The van der Waals surface area contributed by atoms with E-state index >= 15 is 0 Å². The number of nitrogens with one attached hydrogen (secondary N) is 2. The summed E-state index contributed by atoms with van der Waals surface area (Å²) in [5.74, 6) is -0.206. The molecule has 7 nitrogen and oxygen atoms in total. The molecule has 1 unspecified atom stereocenters. The Morgan fingerprint density at radius 1 is 1.20 bits per heavy atom. The van der Waals surface area contributed by atoms with Crippen molar-refractivity contribution in [3.05, 3.63) is 48.0 Å². The van der Waals surface area contributed by atoms with Crippen LogP contribution >= 0.6 is 0 Å². The Bertz CT molecular complexity index is 969. The maximum atomic E-state index is 12.4. The molecule has 0 spiro atoms. The lowest BCUT2D eigenvalue weighted by atomic mass is 10.2. The molecule has 2 aromatic carbocycles. The number of anilines is 2. The number of ether oxygens (including phenoxy) is 1. The molecule has 2 aromatic rings. The summed E-state index contributed by atoms with van der Waals surface area (Å²) in [6.45, 7) is 1.64. The fraction of sp³-hybridized carbons (Fsp3) is 0.176. The van der Waals surface area contributed by atoms with Gasteiger partial charge < -0.3 is 15.4 Å². The van der Waals surface area contributed by atoms with Crippen LogP contribution in [0.1, 0.15) is 17.3 Å². The lowest BCUT2D eigenvalue weighted by molar-refractivity contribution is -0.122. The van der Waals surface area contributed by atoms with Crippen molar-refractivity contribution in [2.24, 2.45) is 0 Å². The predicted octanol–water partition coefficient (Wildman–Crippen LogP) is 2.06.